The summed E-state index contributed by atoms with van der Waals surface area (Å²) in [6.07, 6.45) is -0.603. The minimum atomic E-state index is -1.16. The molecular formula is C14H22N2O5. The number of hydrogen-bond donors (Lipinski definition) is 2. The molecule has 0 radical (unpaired) electrons. The van der Waals surface area contributed by atoms with Crippen molar-refractivity contribution in [2.45, 2.75) is 53.2 Å². The highest BCUT2D eigenvalue weighted by atomic mass is 16.6. The molecule has 1 unspecified atom stereocenters. The van der Waals surface area contributed by atoms with Crippen LogP contribution in [0, 0.1) is 12.8 Å². The molecule has 7 nitrogen and oxygen atoms in total. The summed E-state index contributed by atoms with van der Waals surface area (Å²) in [4.78, 5) is 26.8. The van der Waals surface area contributed by atoms with Crippen LogP contribution in [0.15, 0.2) is 4.42 Å². The third-order valence-electron chi connectivity index (χ3n) is 2.62. The highest BCUT2D eigenvalue weighted by Gasteiger charge is 2.28. The quantitative estimate of drug-likeness (QED) is 0.886. The van der Waals surface area contributed by atoms with Crippen molar-refractivity contribution < 1.29 is 23.8 Å². The lowest BCUT2D eigenvalue weighted by atomic mass is 10.0. The molecule has 0 spiro atoms. The van der Waals surface area contributed by atoms with E-state index < -0.39 is 23.7 Å². The van der Waals surface area contributed by atoms with Crippen molar-refractivity contribution in [2.75, 3.05) is 0 Å². The molecule has 0 aliphatic carbocycles. The van der Waals surface area contributed by atoms with E-state index in [1.54, 1.807) is 20.8 Å². The average molecular weight is 298 g/mol. The number of aryl methyl sites for hydroxylation is 1. The minimum absolute atomic E-state index is 0.0442. The van der Waals surface area contributed by atoms with Crippen molar-refractivity contribution in [3.63, 3.8) is 0 Å². The summed E-state index contributed by atoms with van der Waals surface area (Å²) >= 11 is 0. The van der Waals surface area contributed by atoms with Crippen LogP contribution in [0.3, 0.4) is 0 Å². The molecule has 118 valence electrons. The van der Waals surface area contributed by atoms with Crippen LogP contribution in [0.25, 0.3) is 0 Å². The number of hydrogen-bond acceptors (Lipinski definition) is 5. The second-order valence-electron chi connectivity index (χ2n) is 6.13. The van der Waals surface area contributed by atoms with Gasteiger partial charge in [-0.15, -0.1) is 0 Å². The molecule has 0 saturated heterocycles. The van der Waals surface area contributed by atoms with Gasteiger partial charge in [0, 0.05) is 0 Å². The summed E-state index contributed by atoms with van der Waals surface area (Å²) in [6, 6.07) is -0.563. The number of amides is 1. The number of aromatic nitrogens is 1. The van der Waals surface area contributed by atoms with Gasteiger partial charge >= 0.3 is 12.1 Å². The predicted octanol–water partition coefficient (Wildman–Crippen LogP) is 2.90. The molecule has 0 aliphatic rings. The Morgan fingerprint density at radius 3 is 2.29 bits per heavy atom. The van der Waals surface area contributed by atoms with E-state index in [0.29, 0.717) is 0 Å². The van der Waals surface area contributed by atoms with Gasteiger partial charge in [-0.25, -0.2) is 14.6 Å². The fourth-order valence-corrected chi connectivity index (χ4v) is 1.70. The molecule has 21 heavy (non-hydrogen) atoms. The molecule has 0 aliphatic heterocycles. The minimum Gasteiger partial charge on any atom is -0.476 e. The molecule has 1 atom stereocenters. The Morgan fingerprint density at radius 1 is 1.33 bits per heavy atom. The summed E-state index contributed by atoms with van der Waals surface area (Å²) < 4.78 is 10.6. The summed E-state index contributed by atoms with van der Waals surface area (Å²) in [6.45, 7) is 10.5. The first-order valence-corrected chi connectivity index (χ1v) is 6.71. The SMILES string of the molecule is Cc1oc(C(NC(=O)OC(C)(C)C)C(C)C)nc1C(=O)O. The van der Waals surface area contributed by atoms with Crippen LogP contribution < -0.4 is 5.32 Å². The molecule has 0 fully saturated rings. The Balaban J connectivity index is 2.95. The van der Waals surface area contributed by atoms with Crippen LogP contribution in [0.1, 0.15) is 62.8 Å². The number of carboxylic acids is 1. The van der Waals surface area contributed by atoms with Gasteiger partial charge in [0.2, 0.25) is 5.89 Å². The van der Waals surface area contributed by atoms with Gasteiger partial charge < -0.3 is 19.6 Å². The van der Waals surface area contributed by atoms with Crippen LogP contribution in [0.2, 0.25) is 0 Å². The van der Waals surface area contributed by atoms with E-state index in [-0.39, 0.29) is 23.3 Å². The van der Waals surface area contributed by atoms with E-state index in [0.717, 1.165) is 0 Å². The van der Waals surface area contributed by atoms with Crippen molar-refractivity contribution >= 4 is 12.1 Å². The molecule has 0 bridgehead atoms. The first-order chi connectivity index (χ1) is 9.51. The molecular weight excluding hydrogens is 276 g/mol. The molecule has 1 heterocycles. The number of nitrogens with zero attached hydrogens (tertiary/aromatic N) is 1. The number of carboxylic acid groups (broad SMARTS) is 1. The van der Waals surface area contributed by atoms with Crippen molar-refractivity contribution in [1.29, 1.82) is 0 Å². The van der Waals surface area contributed by atoms with Crippen molar-refractivity contribution in [3.8, 4) is 0 Å². The third-order valence-corrected chi connectivity index (χ3v) is 2.62. The van der Waals surface area contributed by atoms with Crippen LogP contribution in [-0.4, -0.2) is 27.8 Å². The fraction of sp³-hybridized carbons (Fsp3) is 0.643. The number of alkyl carbamates (subject to hydrolysis) is 1. The van der Waals surface area contributed by atoms with Gasteiger partial charge in [-0.2, -0.15) is 0 Å². The van der Waals surface area contributed by atoms with Gasteiger partial charge in [0.25, 0.3) is 0 Å². The van der Waals surface area contributed by atoms with Crippen LogP contribution in [-0.2, 0) is 4.74 Å². The number of ether oxygens (including phenoxy) is 1. The zero-order valence-corrected chi connectivity index (χ0v) is 13.2. The zero-order valence-electron chi connectivity index (χ0n) is 13.2. The van der Waals surface area contributed by atoms with Crippen LogP contribution in [0.4, 0.5) is 4.79 Å². The monoisotopic (exact) mass is 298 g/mol. The Kier molecular flexibility index (Phi) is 4.98. The maximum Gasteiger partial charge on any atom is 0.408 e. The largest absolute Gasteiger partial charge is 0.476 e. The van der Waals surface area contributed by atoms with E-state index in [9.17, 15) is 9.59 Å². The number of nitrogens with one attached hydrogen (secondary N) is 1. The van der Waals surface area contributed by atoms with Gasteiger partial charge in [0.05, 0.1) is 0 Å². The Bertz CT molecular complexity index is 528. The van der Waals surface area contributed by atoms with E-state index in [1.165, 1.54) is 6.92 Å². The van der Waals surface area contributed by atoms with Gasteiger partial charge in [0.15, 0.2) is 5.69 Å². The van der Waals surface area contributed by atoms with Gasteiger partial charge in [-0.3, -0.25) is 0 Å². The average Bonchev–Trinajstić information content (AvgIpc) is 2.65. The maximum atomic E-state index is 11.9. The summed E-state index contributed by atoms with van der Waals surface area (Å²) in [5, 5.41) is 11.7. The van der Waals surface area contributed by atoms with Crippen LogP contribution in [0.5, 0.6) is 0 Å². The number of carbonyl (C=O) groups is 2. The summed E-state index contributed by atoms with van der Waals surface area (Å²) in [5.41, 5.74) is -0.772. The number of aromatic carboxylic acids is 1. The molecule has 1 rings (SSSR count). The maximum absolute atomic E-state index is 11.9. The van der Waals surface area contributed by atoms with Crippen molar-refractivity contribution in [1.82, 2.24) is 10.3 Å². The highest BCUT2D eigenvalue weighted by Crippen LogP contribution is 2.24. The summed E-state index contributed by atoms with van der Waals surface area (Å²) in [5.74, 6) is -0.848. The molecule has 1 amide bonds. The second-order valence-corrected chi connectivity index (χ2v) is 6.13. The molecule has 0 aromatic carbocycles. The summed E-state index contributed by atoms with van der Waals surface area (Å²) in [7, 11) is 0. The van der Waals surface area contributed by atoms with E-state index in [2.05, 4.69) is 10.3 Å². The van der Waals surface area contributed by atoms with Crippen molar-refractivity contribution in [3.05, 3.63) is 17.3 Å². The van der Waals surface area contributed by atoms with E-state index in [4.69, 9.17) is 14.3 Å². The first kappa shape index (κ1) is 17.0. The van der Waals surface area contributed by atoms with Crippen molar-refractivity contribution in [2.24, 2.45) is 5.92 Å². The topological polar surface area (TPSA) is 102 Å². The normalized spacial score (nSPS) is 13.1. The Morgan fingerprint density at radius 2 is 1.90 bits per heavy atom. The van der Waals surface area contributed by atoms with Gasteiger partial charge in [-0.05, 0) is 33.6 Å². The number of carbonyl (C=O) groups excluding carboxylic acids is 1. The Labute approximate surface area is 123 Å². The smallest absolute Gasteiger partial charge is 0.408 e. The Hall–Kier alpha value is -2.05. The first-order valence-electron chi connectivity index (χ1n) is 6.71. The second kappa shape index (κ2) is 6.15. The number of rotatable bonds is 4. The number of oxazole rings is 1. The van der Waals surface area contributed by atoms with E-state index >= 15 is 0 Å². The zero-order chi connectivity index (χ0) is 16.4. The van der Waals surface area contributed by atoms with E-state index in [1.807, 2.05) is 13.8 Å². The predicted molar refractivity (Wildman–Crippen MR) is 75.1 cm³/mol. The standard InChI is InChI=1S/C14H22N2O5/c1-7(2)9(16-13(19)21-14(4,5)6)11-15-10(12(17)18)8(3)20-11/h7,9H,1-6H3,(H,16,19)(H,17,18). The molecule has 7 heteroatoms. The lowest BCUT2D eigenvalue weighted by Gasteiger charge is -2.24. The van der Waals surface area contributed by atoms with Crippen LogP contribution >= 0.6 is 0 Å². The lowest BCUT2D eigenvalue weighted by molar-refractivity contribution is 0.0478. The highest BCUT2D eigenvalue weighted by molar-refractivity contribution is 5.86. The lowest BCUT2D eigenvalue weighted by Crippen LogP contribution is -2.37. The fourth-order valence-electron chi connectivity index (χ4n) is 1.70. The third kappa shape index (κ3) is 4.77. The molecule has 2 N–H and O–H groups in total. The molecule has 1 aromatic heterocycles. The van der Waals surface area contributed by atoms with Gasteiger partial charge in [0.1, 0.15) is 17.4 Å². The molecule has 1 aromatic rings. The molecule has 0 saturated carbocycles. The van der Waals surface area contributed by atoms with Gasteiger partial charge in [-0.1, -0.05) is 13.8 Å².